The van der Waals surface area contributed by atoms with Gasteiger partial charge in [-0.1, -0.05) is 74.0 Å². The van der Waals surface area contributed by atoms with Crippen LogP contribution in [0.25, 0.3) is 0 Å². The van der Waals surface area contributed by atoms with Gasteiger partial charge in [0, 0.05) is 5.92 Å². The molecule has 3 rings (SSSR count). The van der Waals surface area contributed by atoms with Crippen LogP contribution in [0.3, 0.4) is 0 Å². The molecule has 3 atom stereocenters. The minimum absolute atomic E-state index is 0.0622. The highest BCUT2D eigenvalue weighted by Gasteiger charge is 2.42. The summed E-state index contributed by atoms with van der Waals surface area (Å²) in [5.74, 6) is -0.416. The molecule has 136 valence electrons. The molecule has 0 bridgehead atoms. The summed E-state index contributed by atoms with van der Waals surface area (Å²) in [6, 6.07) is 17.5. The lowest BCUT2D eigenvalue weighted by Crippen LogP contribution is -2.39. The van der Waals surface area contributed by atoms with E-state index in [0.717, 1.165) is 17.5 Å². The van der Waals surface area contributed by atoms with Crippen LogP contribution in [-0.2, 0) is 9.53 Å². The van der Waals surface area contributed by atoms with E-state index in [1.54, 1.807) is 0 Å². The lowest BCUT2D eigenvalue weighted by atomic mass is 9.83. The van der Waals surface area contributed by atoms with Crippen molar-refractivity contribution in [3.8, 4) is 0 Å². The molecular formula is C22H25NO3. The quantitative estimate of drug-likeness (QED) is 0.774. The van der Waals surface area contributed by atoms with Gasteiger partial charge >= 0.3 is 6.09 Å². The molecule has 1 aliphatic heterocycles. The van der Waals surface area contributed by atoms with Gasteiger partial charge in [0.2, 0.25) is 5.91 Å². The Kier molecular flexibility index (Phi) is 5.40. The molecule has 1 heterocycles. The van der Waals surface area contributed by atoms with Gasteiger partial charge in [0.15, 0.2) is 0 Å². The van der Waals surface area contributed by atoms with Crippen molar-refractivity contribution in [2.24, 2.45) is 5.92 Å². The molecule has 1 aliphatic rings. The van der Waals surface area contributed by atoms with E-state index in [-0.39, 0.29) is 30.4 Å². The number of hydrogen-bond donors (Lipinski definition) is 0. The summed E-state index contributed by atoms with van der Waals surface area (Å²) in [6.45, 7) is 6.24. The molecule has 4 heteroatoms. The molecule has 0 spiro atoms. The number of aryl methyl sites for hydroxylation is 1. The summed E-state index contributed by atoms with van der Waals surface area (Å²) in [5.41, 5.74) is 3.23. The molecule has 4 nitrogen and oxygen atoms in total. The first-order valence-corrected chi connectivity index (χ1v) is 9.14. The maximum absolute atomic E-state index is 13.2. The fraction of sp³-hybridized carbons (Fsp3) is 0.364. The van der Waals surface area contributed by atoms with Gasteiger partial charge in [0.05, 0.1) is 0 Å². The van der Waals surface area contributed by atoms with Crippen LogP contribution in [0.1, 0.15) is 48.9 Å². The normalized spacial score (nSPS) is 19.1. The first kappa shape index (κ1) is 18.2. The van der Waals surface area contributed by atoms with Crippen molar-refractivity contribution in [1.82, 2.24) is 4.90 Å². The average molecular weight is 351 g/mol. The standard InChI is InChI=1S/C22H25NO3/c1-4-19(18-12-8-9-15(2)13-18)16(3)21(24)23-20(14-26-22(23)25)17-10-6-5-7-11-17/h5-13,16,19-20H,4,14H2,1-3H3/t16-,19-,20+/m1/s1. The molecule has 1 fully saturated rings. The molecule has 2 amide bonds. The van der Waals surface area contributed by atoms with Gasteiger partial charge in [-0.05, 0) is 30.4 Å². The second-order valence-electron chi connectivity index (χ2n) is 6.93. The summed E-state index contributed by atoms with van der Waals surface area (Å²) in [4.78, 5) is 26.8. The van der Waals surface area contributed by atoms with Gasteiger partial charge in [-0.15, -0.1) is 0 Å². The average Bonchev–Trinajstić information content (AvgIpc) is 3.04. The first-order chi connectivity index (χ1) is 12.5. The van der Waals surface area contributed by atoms with E-state index in [2.05, 4.69) is 19.1 Å². The lowest BCUT2D eigenvalue weighted by molar-refractivity contribution is -0.133. The fourth-order valence-corrected chi connectivity index (χ4v) is 3.76. The van der Waals surface area contributed by atoms with Crippen LogP contribution < -0.4 is 0 Å². The molecule has 0 saturated carbocycles. The molecule has 2 aromatic rings. The van der Waals surface area contributed by atoms with E-state index in [1.807, 2.05) is 56.3 Å². The van der Waals surface area contributed by atoms with Gasteiger partial charge in [0.25, 0.3) is 0 Å². The van der Waals surface area contributed by atoms with Crippen molar-refractivity contribution in [2.45, 2.75) is 39.2 Å². The van der Waals surface area contributed by atoms with E-state index < -0.39 is 6.09 Å². The molecule has 26 heavy (non-hydrogen) atoms. The molecule has 0 radical (unpaired) electrons. The Morgan fingerprint density at radius 3 is 2.58 bits per heavy atom. The van der Waals surface area contributed by atoms with Crippen LogP contribution in [0.2, 0.25) is 0 Å². The van der Waals surface area contributed by atoms with Crippen molar-refractivity contribution < 1.29 is 14.3 Å². The van der Waals surface area contributed by atoms with E-state index in [1.165, 1.54) is 10.5 Å². The fourth-order valence-electron chi connectivity index (χ4n) is 3.76. The Morgan fingerprint density at radius 2 is 1.92 bits per heavy atom. The van der Waals surface area contributed by atoms with Gasteiger partial charge in [0.1, 0.15) is 12.6 Å². The van der Waals surface area contributed by atoms with E-state index >= 15 is 0 Å². The van der Waals surface area contributed by atoms with Crippen molar-refractivity contribution >= 4 is 12.0 Å². The molecular weight excluding hydrogens is 326 g/mol. The minimum atomic E-state index is -0.546. The second kappa shape index (κ2) is 7.73. The van der Waals surface area contributed by atoms with Gasteiger partial charge in [-0.25, -0.2) is 9.69 Å². The van der Waals surface area contributed by atoms with E-state index in [4.69, 9.17) is 4.74 Å². The highest BCUT2D eigenvalue weighted by molar-refractivity contribution is 5.95. The predicted molar refractivity (Wildman–Crippen MR) is 101 cm³/mol. The number of carbonyl (C=O) groups is 2. The SMILES string of the molecule is CC[C@@H](c1cccc(C)c1)[C@@H](C)C(=O)N1C(=O)OC[C@H]1c1ccccc1. The van der Waals surface area contributed by atoms with Crippen LogP contribution in [0.5, 0.6) is 0 Å². The molecule has 1 saturated heterocycles. The predicted octanol–water partition coefficient (Wildman–Crippen LogP) is 4.84. The Bertz CT molecular complexity index is 787. The Labute approximate surface area is 154 Å². The number of nitrogens with zero attached hydrogens (tertiary/aromatic N) is 1. The van der Waals surface area contributed by atoms with Crippen molar-refractivity contribution in [2.75, 3.05) is 6.61 Å². The molecule has 0 aromatic heterocycles. The summed E-state index contributed by atoms with van der Waals surface area (Å²) in [6.07, 6.45) is 0.282. The number of amides is 2. The second-order valence-corrected chi connectivity index (χ2v) is 6.93. The first-order valence-electron chi connectivity index (χ1n) is 9.14. The zero-order chi connectivity index (χ0) is 18.7. The third kappa shape index (κ3) is 3.50. The van der Waals surface area contributed by atoms with Crippen LogP contribution in [0.4, 0.5) is 4.79 Å². The van der Waals surface area contributed by atoms with Crippen LogP contribution in [0, 0.1) is 12.8 Å². The number of imide groups is 1. The Hall–Kier alpha value is -2.62. The zero-order valence-corrected chi connectivity index (χ0v) is 15.5. The summed E-state index contributed by atoms with van der Waals surface area (Å²) < 4.78 is 5.21. The largest absolute Gasteiger partial charge is 0.446 e. The number of carbonyl (C=O) groups excluding carboxylic acids is 2. The summed E-state index contributed by atoms with van der Waals surface area (Å²) in [7, 11) is 0. The molecule has 0 aliphatic carbocycles. The van der Waals surface area contributed by atoms with E-state index in [9.17, 15) is 9.59 Å². The highest BCUT2D eigenvalue weighted by Crippen LogP contribution is 2.34. The molecule has 0 N–H and O–H groups in total. The number of benzene rings is 2. The van der Waals surface area contributed by atoms with Gasteiger partial charge < -0.3 is 4.74 Å². The van der Waals surface area contributed by atoms with Crippen molar-refractivity contribution in [3.63, 3.8) is 0 Å². The van der Waals surface area contributed by atoms with Crippen LogP contribution in [0.15, 0.2) is 54.6 Å². The monoisotopic (exact) mass is 351 g/mol. The summed E-state index contributed by atoms with van der Waals surface area (Å²) >= 11 is 0. The maximum Gasteiger partial charge on any atom is 0.417 e. The highest BCUT2D eigenvalue weighted by atomic mass is 16.6. The third-order valence-corrected chi connectivity index (χ3v) is 5.20. The Balaban J connectivity index is 1.87. The topological polar surface area (TPSA) is 46.6 Å². The van der Waals surface area contributed by atoms with E-state index in [0.29, 0.717) is 0 Å². The van der Waals surface area contributed by atoms with Crippen molar-refractivity contribution in [1.29, 1.82) is 0 Å². The minimum Gasteiger partial charge on any atom is -0.446 e. The number of rotatable bonds is 5. The molecule has 0 unspecified atom stereocenters. The summed E-state index contributed by atoms with van der Waals surface area (Å²) in [5, 5.41) is 0. The number of cyclic esters (lactones) is 1. The zero-order valence-electron chi connectivity index (χ0n) is 15.5. The maximum atomic E-state index is 13.2. The van der Waals surface area contributed by atoms with Crippen LogP contribution >= 0.6 is 0 Å². The van der Waals surface area contributed by atoms with Crippen molar-refractivity contribution in [3.05, 3.63) is 71.3 Å². The lowest BCUT2D eigenvalue weighted by Gasteiger charge is -2.28. The van der Waals surface area contributed by atoms with Gasteiger partial charge in [-0.3, -0.25) is 4.79 Å². The third-order valence-electron chi connectivity index (χ3n) is 5.20. The number of ether oxygens (including phenoxy) is 1. The van der Waals surface area contributed by atoms with Gasteiger partial charge in [-0.2, -0.15) is 0 Å². The van der Waals surface area contributed by atoms with Crippen LogP contribution in [-0.4, -0.2) is 23.5 Å². The number of hydrogen-bond acceptors (Lipinski definition) is 3. The Morgan fingerprint density at radius 1 is 1.19 bits per heavy atom. The smallest absolute Gasteiger partial charge is 0.417 e. The molecule has 2 aromatic carbocycles.